The smallest absolute Gasteiger partial charge is 0.407 e. The van der Waals surface area contributed by atoms with Gasteiger partial charge in [0.15, 0.2) is 0 Å². The zero-order chi connectivity index (χ0) is 35.0. The second-order valence-corrected chi connectivity index (χ2v) is 18.7. The summed E-state index contributed by atoms with van der Waals surface area (Å²) in [5, 5.41) is 13.9. The number of hydrogen-bond donors (Lipinski definition) is 1. The summed E-state index contributed by atoms with van der Waals surface area (Å²) < 4.78 is 16.8. The van der Waals surface area contributed by atoms with Crippen molar-refractivity contribution in [1.29, 1.82) is 5.26 Å². The van der Waals surface area contributed by atoms with Crippen molar-refractivity contribution < 1.29 is 23.8 Å². The Hall–Kier alpha value is -2.75. The minimum absolute atomic E-state index is 0.0450. The zero-order valence-corrected chi connectivity index (χ0v) is 31.2. The highest BCUT2D eigenvalue weighted by Gasteiger charge is 2.72. The SMILES string of the molecule is COc1ccc(COC(=O)NC[C@]23CCC(C4(C)CC4)C2[C@H]2CCC4[C@@]5(C)CC[C@H](OC(C)=O)[C@@](C)(C#N)C5CC[C@@]4(C)[C@]2(C)CC3)cc1. The number of ether oxygens (including phenoxy) is 3. The molecule has 0 spiro atoms. The fourth-order valence-electron chi connectivity index (χ4n) is 13.8. The number of alkyl carbamates (subject to hydrolysis) is 1. The highest BCUT2D eigenvalue weighted by atomic mass is 16.5. The van der Waals surface area contributed by atoms with Gasteiger partial charge in [0, 0.05) is 13.5 Å². The molecule has 7 nitrogen and oxygen atoms in total. The number of benzene rings is 1. The molecule has 1 amide bonds. The number of hydrogen-bond acceptors (Lipinski definition) is 6. The molecule has 1 aromatic rings. The van der Waals surface area contributed by atoms with Gasteiger partial charge in [-0.1, -0.05) is 39.8 Å². The second-order valence-electron chi connectivity index (χ2n) is 18.7. The van der Waals surface area contributed by atoms with Gasteiger partial charge < -0.3 is 19.5 Å². The van der Waals surface area contributed by atoms with Crippen LogP contribution < -0.4 is 10.1 Å². The Bertz CT molecular complexity index is 1500. The van der Waals surface area contributed by atoms with Gasteiger partial charge >= 0.3 is 12.1 Å². The summed E-state index contributed by atoms with van der Waals surface area (Å²) in [6.45, 7) is 14.9. The van der Waals surface area contributed by atoms with Crippen molar-refractivity contribution in [1.82, 2.24) is 5.32 Å². The molecule has 4 unspecified atom stereocenters. The van der Waals surface area contributed by atoms with Crippen molar-refractivity contribution in [2.75, 3.05) is 13.7 Å². The first-order valence-electron chi connectivity index (χ1n) is 19.3. The number of nitrogens with zero attached hydrogens (tertiary/aromatic N) is 1. The van der Waals surface area contributed by atoms with E-state index in [4.69, 9.17) is 14.2 Å². The van der Waals surface area contributed by atoms with Crippen molar-refractivity contribution in [3.63, 3.8) is 0 Å². The number of esters is 1. The number of fused-ring (bicyclic) bond motifs is 7. The standard InChI is InChI=1S/C42H60N2O5/c1-27(45)49-34-16-17-38(3)32(39(34,4)25-43)15-18-41(6)33(38)13-12-31-35-30(37(2)20-21-37)14-19-42(35,23-22-40(31,41)5)26-44-36(46)48-24-28-8-10-29(47-7)11-9-28/h8-11,30-35H,12-24,26H2,1-7H3,(H,44,46)/t30?,31-,32?,33?,34+,35?,38+,39+,40-,41-,42-/m1/s1. The molecule has 0 radical (unpaired) electrons. The Morgan fingerprint density at radius 2 is 1.57 bits per heavy atom. The normalized spacial score (nSPS) is 44.5. The van der Waals surface area contributed by atoms with Gasteiger partial charge in [-0.15, -0.1) is 0 Å². The van der Waals surface area contributed by atoms with Crippen molar-refractivity contribution in [2.24, 2.45) is 62.1 Å². The Morgan fingerprint density at radius 3 is 2.22 bits per heavy atom. The van der Waals surface area contributed by atoms with Crippen LogP contribution in [0.1, 0.15) is 124 Å². The molecule has 7 heteroatoms. The van der Waals surface area contributed by atoms with Crippen LogP contribution in [-0.2, 0) is 20.9 Å². The Kier molecular flexibility index (Phi) is 8.43. The number of rotatable bonds is 7. The lowest BCUT2D eigenvalue weighted by Crippen LogP contribution is -2.67. The van der Waals surface area contributed by atoms with Crippen LogP contribution in [0.15, 0.2) is 24.3 Å². The summed E-state index contributed by atoms with van der Waals surface area (Å²) in [5.74, 6) is 3.23. The molecule has 49 heavy (non-hydrogen) atoms. The largest absolute Gasteiger partial charge is 0.497 e. The van der Waals surface area contributed by atoms with E-state index in [-0.39, 0.29) is 52.4 Å². The number of nitrogens with one attached hydrogen (secondary N) is 1. The molecule has 7 rings (SSSR count). The van der Waals surface area contributed by atoms with E-state index < -0.39 is 5.41 Å². The predicted molar refractivity (Wildman–Crippen MR) is 188 cm³/mol. The summed E-state index contributed by atoms with van der Waals surface area (Å²) >= 11 is 0. The molecule has 0 heterocycles. The fraction of sp³-hybridized carbons (Fsp3) is 0.786. The molecular weight excluding hydrogens is 612 g/mol. The van der Waals surface area contributed by atoms with Gasteiger partial charge in [0.05, 0.1) is 18.6 Å². The van der Waals surface area contributed by atoms with E-state index in [0.29, 0.717) is 35.6 Å². The topological polar surface area (TPSA) is 97.7 Å². The lowest BCUT2D eigenvalue weighted by molar-refractivity contribution is -0.246. The monoisotopic (exact) mass is 672 g/mol. The van der Waals surface area contributed by atoms with Gasteiger partial charge in [-0.3, -0.25) is 4.79 Å². The van der Waals surface area contributed by atoms with Gasteiger partial charge in [-0.2, -0.15) is 5.26 Å². The lowest BCUT2D eigenvalue weighted by Gasteiger charge is -2.72. The first kappa shape index (κ1) is 34.7. The third kappa shape index (κ3) is 5.23. The first-order chi connectivity index (χ1) is 23.2. The molecule has 268 valence electrons. The van der Waals surface area contributed by atoms with Crippen LogP contribution in [0.2, 0.25) is 0 Å². The molecule has 6 aliphatic rings. The van der Waals surface area contributed by atoms with Gasteiger partial charge in [0.1, 0.15) is 18.5 Å². The summed E-state index contributed by atoms with van der Waals surface area (Å²) in [6, 6.07) is 10.4. The number of nitriles is 1. The Morgan fingerprint density at radius 1 is 0.837 bits per heavy atom. The van der Waals surface area contributed by atoms with E-state index in [9.17, 15) is 14.9 Å². The van der Waals surface area contributed by atoms with Gasteiger partial charge in [0.25, 0.3) is 0 Å². The van der Waals surface area contributed by atoms with E-state index >= 15 is 0 Å². The minimum Gasteiger partial charge on any atom is -0.497 e. The first-order valence-corrected chi connectivity index (χ1v) is 19.3. The number of methoxy groups -OCH3 is 1. The van der Waals surface area contributed by atoms with Crippen LogP contribution >= 0.6 is 0 Å². The van der Waals surface area contributed by atoms with E-state index in [1.807, 2.05) is 24.3 Å². The molecule has 1 N–H and O–H groups in total. The third-order valence-electron chi connectivity index (χ3n) is 16.8. The summed E-state index contributed by atoms with van der Waals surface area (Å²) in [5.41, 5.74) is 1.27. The number of amides is 1. The fourth-order valence-corrected chi connectivity index (χ4v) is 13.8. The highest BCUT2D eigenvalue weighted by Crippen LogP contribution is 2.79. The van der Waals surface area contributed by atoms with Crippen molar-refractivity contribution in [2.45, 2.75) is 131 Å². The maximum absolute atomic E-state index is 13.2. The number of carbonyl (C=O) groups excluding carboxylic acids is 2. The van der Waals surface area contributed by atoms with E-state index in [0.717, 1.165) is 43.4 Å². The maximum Gasteiger partial charge on any atom is 0.407 e. The molecular formula is C42H60N2O5. The van der Waals surface area contributed by atoms with Gasteiger partial charge in [-0.05, 0) is 158 Å². The van der Waals surface area contributed by atoms with Crippen LogP contribution in [0.4, 0.5) is 4.79 Å². The molecule has 0 bridgehead atoms. The summed E-state index contributed by atoms with van der Waals surface area (Å²) in [4.78, 5) is 25.2. The number of carbonyl (C=O) groups is 2. The maximum atomic E-state index is 13.2. The Labute approximate surface area is 294 Å². The highest BCUT2D eigenvalue weighted by molar-refractivity contribution is 5.67. The Balaban J connectivity index is 1.13. The van der Waals surface area contributed by atoms with Crippen LogP contribution in [-0.4, -0.2) is 31.8 Å². The van der Waals surface area contributed by atoms with Crippen molar-refractivity contribution >= 4 is 12.1 Å². The van der Waals surface area contributed by atoms with Crippen molar-refractivity contribution in [3.8, 4) is 11.8 Å². The molecule has 6 fully saturated rings. The molecule has 6 aliphatic carbocycles. The lowest BCUT2D eigenvalue weighted by atomic mass is 9.32. The summed E-state index contributed by atoms with van der Waals surface area (Å²) in [7, 11) is 1.65. The van der Waals surface area contributed by atoms with E-state index in [1.54, 1.807) is 7.11 Å². The van der Waals surface area contributed by atoms with Crippen LogP contribution in [0, 0.1) is 73.4 Å². The average molecular weight is 673 g/mol. The van der Waals surface area contributed by atoms with Crippen LogP contribution in [0.3, 0.4) is 0 Å². The molecule has 0 aromatic heterocycles. The van der Waals surface area contributed by atoms with Crippen LogP contribution in [0.25, 0.3) is 0 Å². The van der Waals surface area contributed by atoms with E-state index in [2.05, 4.69) is 46.0 Å². The predicted octanol–water partition coefficient (Wildman–Crippen LogP) is 9.24. The van der Waals surface area contributed by atoms with E-state index in [1.165, 1.54) is 51.9 Å². The molecule has 11 atom stereocenters. The molecule has 0 aliphatic heterocycles. The van der Waals surface area contributed by atoms with Crippen LogP contribution in [0.5, 0.6) is 5.75 Å². The molecule has 1 aromatic carbocycles. The van der Waals surface area contributed by atoms with Gasteiger partial charge in [-0.25, -0.2) is 4.79 Å². The molecule has 0 saturated heterocycles. The quantitative estimate of drug-likeness (QED) is 0.290. The molecule has 6 saturated carbocycles. The minimum atomic E-state index is -0.662. The zero-order valence-electron chi connectivity index (χ0n) is 31.2. The summed E-state index contributed by atoms with van der Waals surface area (Å²) in [6.07, 6.45) is 13.2. The second kappa shape index (κ2) is 11.9. The van der Waals surface area contributed by atoms with Gasteiger partial charge in [0.2, 0.25) is 0 Å². The average Bonchev–Trinajstić information content (AvgIpc) is 3.70. The third-order valence-corrected chi connectivity index (χ3v) is 16.8. The van der Waals surface area contributed by atoms with Crippen molar-refractivity contribution in [3.05, 3.63) is 29.8 Å².